The molecule has 0 saturated carbocycles. The Labute approximate surface area is 300 Å². The summed E-state index contributed by atoms with van der Waals surface area (Å²) in [4.78, 5) is 67.7. The lowest BCUT2D eigenvalue weighted by molar-refractivity contribution is -0.146. The van der Waals surface area contributed by atoms with Crippen LogP contribution in [0.25, 0.3) is 11.1 Å². The zero-order valence-electron chi connectivity index (χ0n) is 31.1. The van der Waals surface area contributed by atoms with Crippen molar-refractivity contribution in [2.75, 3.05) is 40.5 Å². The van der Waals surface area contributed by atoms with Crippen LogP contribution in [0.5, 0.6) is 11.5 Å². The summed E-state index contributed by atoms with van der Waals surface area (Å²) < 4.78 is 22.8. The van der Waals surface area contributed by atoms with Crippen molar-refractivity contribution in [3.8, 4) is 22.6 Å². The predicted octanol–water partition coefficient (Wildman–Crippen LogP) is 4.34. The lowest BCUT2D eigenvalue weighted by Gasteiger charge is -2.31. The number of nitrogens with one attached hydrogen (secondary N) is 2. The monoisotopic (exact) mass is 710 g/mol. The SMILES string of the molecule is CCCOc1ccc2cc1-c1cc(ccc1OCCNC(=O)OC(C)(C)C)C[C@@H](C(=O)OC)NC(=O)[C@H](C)CC(=O)[C@H]2N(C)C(=O)[C@@H](C)CCN. The first-order chi connectivity index (χ1) is 24.1. The molecule has 4 bridgehead atoms. The quantitative estimate of drug-likeness (QED) is 0.212. The number of esters is 1. The number of rotatable bonds is 12. The van der Waals surface area contributed by atoms with Crippen LogP contribution in [-0.4, -0.2) is 86.7 Å². The maximum atomic E-state index is 14.2. The molecule has 3 rings (SSSR count). The number of hydrogen-bond donors (Lipinski definition) is 3. The number of nitrogens with two attached hydrogens (primary N) is 1. The van der Waals surface area contributed by atoms with Crippen molar-refractivity contribution in [3.63, 3.8) is 0 Å². The van der Waals surface area contributed by atoms with Gasteiger partial charge < -0.3 is 40.2 Å². The largest absolute Gasteiger partial charge is 0.493 e. The van der Waals surface area contributed by atoms with E-state index >= 15 is 0 Å². The number of benzene rings is 2. The predicted molar refractivity (Wildman–Crippen MR) is 192 cm³/mol. The van der Waals surface area contributed by atoms with E-state index in [2.05, 4.69) is 10.6 Å². The number of likely N-dealkylation sites (N-methyl/N-ethyl adjacent to an activating group) is 1. The second-order valence-corrected chi connectivity index (χ2v) is 13.9. The van der Waals surface area contributed by atoms with E-state index in [0.717, 1.165) is 6.42 Å². The second-order valence-electron chi connectivity index (χ2n) is 13.9. The highest BCUT2D eigenvalue weighted by atomic mass is 16.6. The molecule has 2 aromatic carbocycles. The maximum Gasteiger partial charge on any atom is 0.407 e. The van der Waals surface area contributed by atoms with E-state index in [4.69, 9.17) is 24.7 Å². The fourth-order valence-electron chi connectivity index (χ4n) is 5.80. The zero-order chi connectivity index (χ0) is 37.9. The molecule has 0 saturated heterocycles. The zero-order valence-corrected chi connectivity index (χ0v) is 31.1. The fourth-order valence-corrected chi connectivity index (χ4v) is 5.80. The number of Topliss-reactive ketones (excluding diaryl/α,β-unsaturated/α-hetero) is 1. The molecular weight excluding hydrogens is 656 g/mol. The van der Waals surface area contributed by atoms with Gasteiger partial charge in [-0.25, -0.2) is 9.59 Å². The summed E-state index contributed by atoms with van der Waals surface area (Å²) in [5.41, 5.74) is 7.48. The molecule has 1 aliphatic heterocycles. The van der Waals surface area contributed by atoms with Crippen molar-refractivity contribution >= 4 is 29.7 Å². The number of ketones is 1. The van der Waals surface area contributed by atoms with Gasteiger partial charge in [-0.05, 0) is 75.5 Å². The second kappa shape index (κ2) is 18.5. The van der Waals surface area contributed by atoms with Crippen molar-refractivity contribution in [1.29, 1.82) is 0 Å². The number of carbonyl (C=O) groups is 5. The van der Waals surface area contributed by atoms with Gasteiger partial charge in [0.05, 0.1) is 20.3 Å². The van der Waals surface area contributed by atoms with Crippen LogP contribution >= 0.6 is 0 Å². The number of ether oxygens (including phenoxy) is 4. The molecule has 13 heteroatoms. The lowest BCUT2D eigenvalue weighted by Crippen LogP contribution is -2.46. The van der Waals surface area contributed by atoms with E-state index in [0.29, 0.717) is 53.3 Å². The highest BCUT2D eigenvalue weighted by molar-refractivity contribution is 5.95. The molecule has 0 aromatic heterocycles. The van der Waals surface area contributed by atoms with Crippen LogP contribution in [0.2, 0.25) is 0 Å². The number of nitrogens with zero attached hydrogens (tertiary/aromatic N) is 1. The van der Waals surface area contributed by atoms with Crippen LogP contribution in [0.15, 0.2) is 36.4 Å². The van der Waals surface area contributed by atoms with Gasteiger partial charge in [-0.2, -0.15) is 0 Å². The summed E-state index contributed by atoms with van der Waals surface area (Å²) in [7, 11) is 2.82. The summed E-state index contributed by atoms with van der Waals surface area (Å²) in [5, 5.41) is 5.45. The summed E-state index contributed by atoms with van der Waals surface area (Å²) in [5.74, 6) is -2.06. The number of fused-ring (bicyclic) bond motifs is 5. The minimum Gasteiger partial charge on any atom is -0.493 e. The average molecular weight is 711 g/mol. The summed E-state index contributed by atoms with van der Waals surface area (Å²) in [6, 6.07) is 8.61. The molecule has 0 unspecified atom stereocenters. The van der Waals surface area contributed by atoms with E-state index in [9.17, 15) is 24.0 Å². The van der Waals surface area contributed by atoms with Crippen LogP contribution in [0, 0.1) is 11.8 Å². The van der Waals surface area contributed by atoms with Gasteiger partial charge in [-0.15, -0.1) is 0 Å². The Balaban J connectivity index is 2.22. The Morgan fingerprint density at radius 2 is 1.67 bits per heavy atom. The Morgan fingerprint density at radius 3 is 2.29 bits per heavy atom. The molecular formula is C38H54N4O9. The number of alkyl carbamates (subject to hydrolysis) is 1. The third-order valence-corrected chi connectivity index (χ3v) is 8.40. The molecule has 280 valence electrons. The van der Waals surface area contributed by atoms with E-state index in [1.807, 2.05) is 19.1 Å². The van der Waals surface area contributed by atoms with Gasteiger partial charge in [0.1, 0.15) is 35.8 Å². The van der Waals surface area contributed by atoms with E-state index in [1.54, 1.807) is 65.9 Å². The molecule has 1 aliphatic rings. The van der Waals surface area contributed by atoms with Gasteiger partial charge in [-0.3, -0.25) is 14.4 Å². The minimum atomic E-state index is -1.04. The van der Waals surface area contributed by atoms with Crippen LogP contribution in [0.1, 0.15) is 78.0 Å². The van der Waals surface area contributed by atoms with E-state index in [1.165, 1.54) is 12.0 Å². The average Bonchev–Trinajstić information content (AvgIpc) is 3.07. The van der Waals surface area contributed by atoms with Crippen LogP contribution in [0.3, 0.4) is 0 Å². The highest BCUT2D eigenvalue weighted by Gasteiger charge is 2.34. The van der Waals surface area contributed by atoms with Crippen molar-refractivity contribution in [2.24, 2.45) is 17.6 Å². The third kappa shape index (κ3) is 11.4. The molecule has 0 aliphatic carbocycles. The number of carbonyl (C=O) groups excluding carboxylic acids is 5. The third-order valence-electron chi connectivity index (χ3n) is 8.40. The lowest BCUT2D eigenvalue weighted by atomic mass is 9.89. The van der Waals surface area contributed by atoms with Crippen LogP contribution in [-0.2, 0) is 35.1 Å². The van der Waals surface area contributed by atoms with Crippen molar-refractivity contribution in [3.05, 3.63) is 47.5 Å². The van der Waals surface area contributed by atoms with Gasteiger partial charge >= 0.3 is 12.1 Å². The molecule has 1 heterocycles. The van der Waals surface area contributed by atoms with Gasteiger partial charge in [0.15, 0.2) is 5.78 Å². The van der Waals surface area contributed by atoms with Crippen molar-refractivity contribution in [1.82, 2.24) is 15.5 Å². The van der Waals surface area contributed by atoms with E-state index < -0.39 is 47.5 Å². The Hall–Kier alpha value is -4.65. The van der Waals surface area contributed by atoms with Crippen molar-refractivity contribution in [2.45, 2.75) is 84.9 Å². The Morgan fingerprint density at radius 1 is 1.02 bits per heavy atom. The molecule has 51 heavy (non-hydrogen) atoms. The minimum absolute atomic E-state index is 0.0898. The molecule has 3 amide bonds. The van der Waals surface area contributed by atoms with E-state index in [-0.39, 0.29) is 37.7 Å². The first kappa shape index (κ1) is 40.8. The molecule has 0 radical (unpaired) electrons. The van der Waals surface area contributed by atoms with Gasteiger partial charge in [0.25, 0.3) is 0 Å². The summed E-state index contributed by atoms with van der Waals surface area (Å²) in [6.07, 6.45) is 0.489. The first-order valence-electron chi connectivity index (χ1n) is 17.5. The molecule has 4 N–H and O–H groups in total. The Bertz CT molecular complexity index is 1550. The molecule has 4 atom stereocenters. The first-order valence-corrected chi connectivity index (χ1v) is 17.5. The molecule has 2 aromatic rings. The van der Waals surface area contributed by atoms with Crippen LogP contribution in [0.4, 0.5) is 4.79 Å². The number of methoxy groups -OCH3 is 1. The molecule has 13 nitrogen and oxygen atoms in total. The standard InChI is InChI=1S/C38H54N4O9/c1-9-17-49-32-13-11-26-22-28(32)27-20-25(10-12-31(27)50-18-16-40-37(47)51-38(4,5)6)21-29(36(46)48-8)41-34(44)24(3)19-30(43)33(26)42(7)35(45)23(2)14-15-39/h10-13,20,22-24,29,33H,9,14-19,21,39H2,1-8H3,(H,40,47)(H,41,44)/t23-,24+,29-,33-/m0/s1. The van der Waals surface area contributed by atoms with Gasteiger partial charge in [0, 0.05) is 42.9 Å². The van der Waals surface area contributed by atoms with Gasteiger partial charge in [0.2, 0.25) is 11.8 Å². The molecule has 0 fully saturated rings. The summed E-state index contributed by atoms with van der Waals surface area (Å²) >= 11 is 0. The fraction of sp³-hybridized carbons (Fsp3) is 0.553. The number of amides is 3. The topological polar surface area (TPSA) is 176 Å². The summed E-state index contributed by atoms with van der Waals surface area (Å²) in [6.45, 7) is 11.6. The number of hydrogen-bond acceptors (Lipinski definition) is 10. The van der Waals surface area contributed by atoms with Crippen LogP contribution < -0.4 is 25.8 Å². The highest BCUT2D eigenvalue weighted by Crippen LogP contribution is 2.40. The van der Waals surface area contributed by atoms with Crippen molar-refractivity contribution < 1.29 is 42.9 Å². The smallest absolute Gasteiger partial charge is 0.407 e. The molecule has 0 spiro atoms. The Kier molecular flexibility index (Phi) is 14.8. The normalized spacial score (nSPS) is 18.4. The maximum absolute atomic E-state index is 14.2. The van der Waals surface area contributed by atoms with Gasteiger partial charge in [-0.1, -0.05) is 32.9 Å².